The van der Waals surface area contributed by atoms with Crippen LogP contribution in [0.1, 0.15) is 5.56 Å². The molecule has 2 aromatic carbocycles. The minimum atomic E-state index is -4.44. The molecule has 1 fully saturated rings. The molecule has 0 atom stereocenters. The number of halogens is 5. The quantitative estimate of drug-likeness (QED) is 0.756. The molecule has 0 radical (unpaired) electrons. The molecule has 1 aliphatic rings. The van der Waals surface area contributed by atoms with Crippen LogP contribution in [0, 0.1) is 0 Å². The van der Waals surface area contributed by atoms with E-state index in [4.69, 9.17) is 23.2 Å². The van der Waals surface area contributed by atoms with Crippen LogP contribution in [-0.2, 0) is 11.0 Å². The minimum absolute atomic E-state index is 0.117. The molecule has 4 nitrogen and oxygen atoms in total. The summed E-state index contributed by atoms with van der Waals surface area (Å²) < 4.78 is 38.3. The Hall–Kier alpha value is -1.96. The predicted octanol–water partition coefficient (Wildman–Crippen LogP) is 4.77. The first kappa shape index (κ1) is 20.8. The average Bonchev–Trinajstić information content (AvgIpc) is 2.64. The van der Waals surface area contributed by atoms with E-state index < -0.39 is 11.7 Å². The molecule has 28 heavy (non-hydrogen) atoms. The molecular weight excluding hydrogens is 414 g/mol. The molecule has 2 aromatic rings. The Morgan fingerprint density at radius 1 is 1.00 bits per heavy atom. The molecule has 9 heteroatoms. The van der Waals surface area contributed by atoms with E-state index in [9.17, 15) is 18.0 Å². The number of carbonyl (C=O) groups excluding carboxylic acids is 1. The summed E-state index contributed by atoms with van der Waals surface area (Å²) in [5.41, 5.74) is 0.303. The lowest BCUT2D eigenvalue weighted by Crippen LogP contribution is -2.48. The van der Waals surface area contributed by atoms with Gasteiger partial charge in [0.25, 0.3) is 0 Å². The third-order valence-corrected chi connectivity index (χ3v) is 5.22. The smallest absolute Gasteiger partial charge is 0.369 e. The molecule has 0 bridgehead atoms. The fraction of sp³-hybridized carbons (Fsp3) is 0.316. The van der Waals surface area contributed by atoms with Crippen LogP contribution >= 0.6 is 23.2 Å². The summed E-state index contributed by atoms with van der Waals surface area (Å²) >= 11 is 12.0. The Morgan fingerprint density at radius 3 is 2.36 bits per heavy atom. The highest BCUT2D eigenvalue weighted by molar-refractivity contribution is 6.42. The van der Waals surface area contributed by atoms with Crippen LogP contribution in [0.2, 0.25) is 10.0 Å². The second kappa shape index (κ2) is 8.59. The van der Waals surface area contributed by atoms with Gasteiger partial charge in [-0.25, -0.2) is 0 Å². The summed E-state index contributed by atoms with van der Waals surface area (Å²) in [6.07, 6.45) is -4.44. The van der Waals surface area contributed by atoms with Crippen LogP contribution in [0.15, 0.2) is 42.5 Å². The lowest BCUT2D eigenvalue weighted by Gasteiger charge is -2.35. The zero-order valence-corrected chi connectivity index (χ0v) is 16.3. The Bertz CT molecular complexity index is 853. The molecule has 150 valence electrons. The van der Waals surface area contributed by atoms with Gasteiger partial charge in [-0.15, -0.1) is 0 Å². The van der Waals surface area contributed by atoms with Crippen LogP contribution in [0.25, 0.3) is 0 Å². The van der Waals surface area contributed by atoms with Crippen LogP contribution in [-0.4, -0.2) is 43.5 Å². The van der Waals surface area contributed by atoms with Crippen molar-refractivity contribution in [3.63, 3.8) is 0 Å². The van der Waals surface area contributed by atoms with Gasteiger partial charge < -0.3 is 10.2 Å². The summed E-state index contributed by atoms with van der Waals surface area (Å²) in [7, 11) is 0. The molecule has 0 saturated carbocycles. The monoisotopic (exact) mass is 431 g/mol. The maximum Gasteiger partial charge on any atom is 0.416 e. The molecule has 0 spiro atoms. The number of piperazine rings is 1. The van der Waals surface area contributed by atoms with Crippen LogP contribution in [0.5, 0.6) is 0 Å². The van der Waals surface area contributed by atoms with Crippen LogP contribution in [0.4, 0.5) is 24.5 Å². The van der Waals surface area contributed by atoms with Crippen molar-refractivity contribution < 1.29 is 18.0 Å². The number of hydrogen-bond acceptors (Lipinski definition) is 3. The zero-order chi connectivity index (χ0) is 20.3. The lowest BCUT2D eigenvalue weighted by atomic mass is 10.2. The molecule has 0 aliphatic carbocycles. The fourth-order valence-electron chi connectivity index (χ4n) is 3.02. The summed E-state index contributed by atoms with van der Waals surface area (Å²) in [5, 5.41) is 3.52. The molecule has 1 N–H and O–H groups in total. The molecule has 1 amide bonds. The van der Waals surface area contributed by atoms with Gasteiger partial charge in [0.1, 0.15) is 0 Å². The van der Waals surface area contributed by atoms with Crippen molar-refractivity contribution >= 4 is 40.5 Å². The van der Waals surface area contributed by atoms with Gasteiger partial charge >= 0.3 is 6.18 Å². The van der Waals surface area contributed by atoms with E-state index in [0.717, 1.165) is 17.8 Å². The SMILES string of the molecule is O=C(CN1CCN(c2ccc(Cl)c(Cl)c2)CC1)Nc1cccc(C(F)(F)F)c1. The molecule has 0 unspecified atom stereocenters. The number of amides is 1. The highest BCUT2D eigenvalue weighted by atomic mass is 35.5. The predicted molar refractivity (Wildman–Crippen MR) is 105 cm³/mol. The van der Waals surface area contributed by atoms with Crippen LogP contribution in [0.3, 0.4) is 0 Å². The molecular formula is C19H18Cl2F3N3O. The number of nitrogens with one attached hydrogen (secondary N) is 1. The van der Waals surface area contributed by atoms with Gasteiger partial charge in [-0.05, 0) is 36.4 Å². The summed E-state index contributed by atoms with van der Waals surface area (Å²) in [6.45, 7) is 2.82. The van der Waals surface area contributed by atoms with Crippen molar-refractivity contribution in [1.82, 2.24) is 4.90 Å². The molecule has 3 rings (SSSR count). The van der Waals surface area contributed by atoms with Gasteiger partial charge in [0.2, 0.25) is 5.91 Å². The van der Waals surface area contributed by atoms with E-state index in [1.54, 1.807) is 12.1 Å². The van der Waals surface area contributed by atoms with E-state index in [2.05, 4.69) is 10.2 Å². The number of rotatable bonds is 4. The number of hydrogen-bond donors (Lipinski definition) is 1. The minimum Gasteiger partial charge on any atom is -0.369 e. The second-order valence-corrected chi connectivity index (χ2v) is 7.30. The van der Waals surface area contributed by atoms with Gasteiger partial charge in [0.05, 0.1) is 22.2 Å². The topological polar surface area (TPSA) is 35.6 Å². The van der Waals surface area contributed by atoms with Gasteiger partial charge in [0, 0.05) is 37.6 Å². The number of alkyl halides is 3. The van der Waals surface area contributed by atoms with E-state index >= 15 is 0 Å². The number of benzene rings is 2. The molecule has 1 saturated heterocycles. The van der Waals surface area contributed by atoms with Gasteiger partial charge in [-0.2, -0.15) is 13.2 Å². The van der Waals surface area contributed by atoms with Crippen LogP contribution < -0.4 is 10.2 Å². The Labute approximate surface area is 170 Å². The normalized spacial score (nSPS) is 15.5. The van der Waals surface area contributed by atoms with Crippen molar-refractivity contribution in [3.8, 4) is 0 Å². The van der Waals surface area contributed by atoms with Crippen molar-refractivity contribution in [2.24, 2.45) is 0 Å². The maximum absolute atomic E-state index is 12.8. The van der Waals surface area contributed by atoms with E-state index in [1.807, 2.05) is 11.0 Å². The zero-order valence-electron chi connectivity index (χ0n) is 14.8. The number of nitrogens with zero attached hydrogens (tertiary/aromatic N) is 2. The van der Waals surface area contributed by atoms with Crippen molar-refractivity contribution in [3.05, 3.63) is 58.1 Å². The number of carbonyl (C=O) groups is 1. The van der Waals surface area contributed by atoms with Crippen molar-refractivity contribution in [2.45, 2.75) is 6.18 Å². The Kier molecular flexibility index (Phi) is 6.37. The van der Waals surface area contributed by atoms with Crippen molar-refractivity contribution in [1.29, 1.82) is 0 Å². The highest BCUT2D eigenvalue weighted by Crippen LogP contribution is 2.31. The van der Waals surface area contributed by atoms with Gasteiger partial charge in [0.15, 0.2) is 0 Å². The Morgan fingerprint density at radius 2 is 1.71 bits per heavy atom. The number of anilines is 2. The standard InChI is InChI=1S/C19H18Cl2F3N3O/c20-16-5-4-15(11-17(16)21)27-8-6-26(7-9-27)12-18(28)25-14-3-1-2-13(10-14)19(22,23)24/h1-5,10-11H,6-9,12H2,(H,25,28). The molecule has 1 heterocycles. The molecule has 1 aliphatic heterocycles. The van der Waals surface area contributed by atoms with E-state index in [-0.39, 0.29) is 18.1 Å². The average molecular weight is 432 g/mol. The maximum atomic E-state index is 12.8. The van der Waals surface area contributed by atoms with E-state index in [0.29, 0.717) is 36.2 Å². The molecule has 0 aromatic heterocycles. The highest BCUT2D eigenvalue weighted by Gasteiger charge is 2.30. The first-order valence-corrected chi connectivity index (χ1v) is 9.37. The largest absolute Gasteiger partial charge is 0.416 e. The van der Waals surface area contributed by atoms with Crippen molar-refractivity contribution in [2.75, 3.05) is 42.9 Å². The third-order valence-electron chi connectivity index (χ3n) is 4.48. The summed E-state index contributed by atoms with van der Waals surface area (Å²) in [6, 6.07) is 10.1. The second-order valence-electron chi connectivity index (χ2n) is 6.49. The Balaban J connectivity index is 1.52. The van der Waals surface area contributed by atoms with Gasteiger partial charge in [-0.3, -0.25) is 9.69 Å². The summed E-state index contributed by atoms with van der Waals surface area (Å²) in [4.78, 5) is 16.3. The van der Waals surface area contributed by atoms with Gasteiger partial charge in [-0.1, -0.05) is 29.3 Å². The third kappa shape index (κ3) is 5.31. The fourth-order valence-corrected chi connectivity index (χ4v) is 3.32. The summed E-state index contributed by atoms with van der Waals surface area (Å²) in [5.74, 6) is -0.345. The first-order chi connectivity index (χ1) is 13.2. The lowest BCUT2D eigenvalue weighted by molar-refractivity contribution is -0.137. The van der Waals surface area contributed by atoms with E-state index in [1.165, 1.54) is 12.1 Å². The first-order valence-electron chi connectivity index (χ1n) is 8.62.